The molecule has 5 heteroatoms. The van der Waals surface area contributed by atoms with E-state index in [1.165, 1.54) is 16.7 Å². The van der Waals surface area contributed by atoms with Crippen LogP contribution in [0.25, 0.3) is 0 Å². The fraction of sp³-hybridized carbons (Fsp3) is 0.800. The number of hydrogen-bond acceptors (Lipinski definition) is 4. The normalized spacial score (nSPS) is 27.1. The Morgan fingerprint density at radius 2 is 2.50 bits per heavy atom. The molecule has 1 saturated heterocycles. The Morgan fingerprint density at radius 1 is 1.80 bits per heavy atom. The number of rotatable bonds is 2. The number of aliphatic hydroxyl groups excluding tert-OH is 1. The molecular formula is C5H9NO3S. The minimum absolute atomic E-state index is 0.163. The largest absolute Gasteiger partial charge is 0.480 e. The molecule has 1 atom stereocenters. The van der Waals surface area contributed by atoms with Crippen molar-refractivity contribution in [3.05, 3.63) is 0 Å². The monoisotopic (exact) mass is 163 g/mol. The van der Waals surface area contributed by atoms with Crippen LogP contribution in [0.5, 0.6) is 0 Å². The summed E-state index contributed by atoms with van der Waals surface area (Å²) in [5.74, 6) is 0.350. The van der Waals surface area contributed by atoms with Gasteiger partial charge in [0.1, 0.15) is 6.04 Å². The van der Waals surface area contributed by atoms with Gasteiger partial charge in [-0.15, -0.1) is 11.8 Å². The van der Waals surface area contributed by atoms with E-state index in [0.29, 0.717) is 11.6 Å². The molecule has 1 fully saturated rings. The molecule has 0 aliphatic carbocycles. The average molecular weight is 163 g/mol. The summed E-state index contributed by atoms with van der Waals surface area (Å²) in [5, 5.41) is 17.2. The van der Waals surface area contributed by atoms with Crippen molar-refractivity contribution in [2.75, 3.05) is 18.4 Å². The van der Waals surface area contributed by atoms with Crippen LogP contribution in [0.15, 0.2) is 0 Å². The molecule has 1 heterocycles. The van der Waals surface area contributed by atoms with Gasteiger partial charge in [-0.2, -0.15) is 0 Å². The van der Waals surface area contributed by atoms with E-state index in [1.54, 1.807) is 0 Å². The van der Waals surface area contributed by atoms with Crippen LogP contribution in [-0.2, 0) is 4.79 Å². The highest BCUT2D eigenvalue weighted by Crippen LogP contribution is 2.19. The van der Waals surface area contributed by atoms with Crippen LogP contribution in [0.2, 0.25) is 0 Å². The van der Waals surface area contributed by atoms with Crippen LogP contribution < -0.4 is 0 Å². The van der Waals surface area contributed by atoms with Crippen molar-refractivity contribution in [3.63, 3.8) is 0 Å². The SMILES string of the molecule is O=C(O)C1CSCN1CO. The molecule has 1 rings (SSSR count). The Morgan fingerprint density at radius 3 is 2.90 bits per heavy atom. The van der Waals surface area contributed by atoms with Gasteiger partial charge < -0.3 is 10.2 Å². The predicted molar refractivity (Wildman–Crippen MR) is 37.7 cm³/mol. The minimum Gasteiger partial charge on any atom is -0.480 e. The summed E-state index contributed by atoms with van der Waals surface area (Å²) in [6, 6.07) is -0.491. The molecule has 10 heavy (non-hydrogen) atoms. The molecular weight excluding hydrogens is 154 g/mol. The van der Waals surface area contributed by atoms with Crippen LogP contribution in [0.4, 0.5) is 0 Å². The maximum atomic E-state index is 10.4. The molecule has 2 N–H and O–H groups in total. The van der Waals surface area contributed by atoms with Crippen molar-refractivity contribution < 1.29 is 15.0 Å². The van der Waals surface area contributed by atoms with Gasteiger partial charge in [0, 0.05) is 11.6 Å². The van der Waals surface area contributed by atoms with Crippen molar-refractivity contribution in [2.24, 2.45) is 0 Å². The molecule has 0 aromatic rings. The van der Waals surface area contributed by atoms with Gasteiger partial charge in [-0.05, 0) is 0 Å². The second-order valence-corrected chi connectivity index (χ2v) is 3.08. The summed E-state index contributed by atoms with van der Waals surface area (Å²) in [7, 11) is 0. The molecule has 1 unspecified atom stereocenters. The molecule has 0 spiro atoms. The molecule has 0 saturated carbocycles. The van der Waals surface area contributed by atoms with Gasteiger partial charge in [-0.25, -0.2) is 0 Å². The number of carboxylic acid groups (broad SMARTS) is 1. The lowest BCUT2D eigenvalue weighted by atomic mass is 10.3. The topological polar surface area (TPSA) is 60.8 Å². The maximum absolute atomic E-state index is 10.4. The first-order valence-electron chi connectivity index (χ1n) is 2.91. The second kappa shape index (κ2) is 3.23. The van der Waals surface area contributed by atoms with Crippen LogP contribution in [0, 0.1) is 0 Å². The van der Waals surface area contributed by atoms with Crippen LogP contribution >= 0.6 is 11.8 Å². The van der Waals surface area contributed by atoms with E-state index in [4.69, 9.17) is 10.2 Å². The summed E-state index contributed by atoms with van der Waals surface area (Å²) in [4.78, 5) is 11.9. The second-order valence-electron chi connectivity index (χ2n) is 2.08. The third-order valence-electron chi connectivity index (χ3n) is 1.44. The minimum atomic E-state index is -0.848. The highest BCUT2D eigenvalue weighted by atomic mass is 32.2. The molecule has 1 aliphatic rings. The predicted octanol–water partition coefficient (Wildman–Crippen LogP) is -0.604. The highest BCUT2D eigenvalue weighted by Gasteiger charge is 2.29. The molecule has 0 bridgehead atoms. The lowest BCUT2D eigenvalue weighted by molar-refractivity contribution is -0.142. The van der Waals surface area contributed by atoms with Gasteiger partial charge in [0.05, 0.1) is 6.73 Å². The first-order valence-corrected chi connectivity index (χ1v) is 4.06. The Balaban J connectivity index is 2.50. The van der Waals surface area contributed by atoms with Crippen molar-refractivity contribution in [3.8, 4) is 0 Å². The number of thioether (sulfide) groups is 1. The first-order chi connectivity index (χ1) is 4.75. The standard InChI is InChI=1S/C5H9NO3S/c7-2-6-3-10-1-4(6)5(8)9/h4,7H,1-3H2,(H,8,9). The van der Waals surface area contributed by atoms with Crippen LogP contribution in [-0.4, -0.2) is 45.5 Å². The summed E-state index contributed by atoms with van der Waals surface area (Å²) in [6.45, 7) is -0.163. The zero-order valence-corrected chi connectivity index (χ0v) is 6.17. The number of nitrogens with zero attached hydrogens (tertiary/aromatic N) is 1. The van der Waals surface area contributed by atoms with Crippen LogP contribution in [0.3, 0.4) is 0 Å². The Hall–Kier alpha value is -0.260. The Kier molecular flexibility index (Phi) is 2.53. The molecule has 0 aromatic heterocycles. The Bertz CT molecular complexity index is 141. The van der Waals surface area contributed by atoms with E-state index < -0.39 is 12.0 Å². The maximum Gasteiger partial charge on any atom is 0.321 e. The van der Waals surface area contributed by atoms with Crippen LogP contribution in [0.1, 0.15) is 0 Å². The lowest BCUT2D eigenvalue weighted by Gasteiger charge is -2.15. The van der Waals surface area contributed by atoms with Crippen molar-refractivity contribution in [2.45, 2.75) is 6.04 Å². The van der Waals surface area contributed by atoms with Crippen molar-refractivity contribution in [1.29, 1.82) is 0 Å². The van der Waals surface area contributed by atoms with Gasteiger partial charge in [-0.1, -0.05) is 0 Å². The van der Waals surface area contributed by atoms with Gasteiger partial charge in [0.15, 0.2) is 0 Å². The van der Waals surface area contributed by atoms with Gasteiger partial charge in [0.2, 0.25) is 0 Å². The molecule has 0 aromatic carbocycles. The molecule has 0 radical (unpaired) electrons. The summed E-state index contributed by atoms with van der Waals surface area (Å²) >= 11 is 1.53. The highest BCUT2D eigenvalue weighted by molar-refractivity contribution is 7.99. The quantitative estimate of drug-likeness (QED) is 0.569. The number of aliphatic hydroxyl groups is 1. The molecule has 0 amide bonds. The number of hydrogen-bond donors (Lipinski definition) is 2. The van der Waals surface area contributed by atoms with Gasteiger partial charge in [-0.3, -0.25) is 9.69 Å². The van der Waals surface area contributed by atoms with Gasteiger partial charge >= 0.3 is 5.97 Å². The summed E-state index contributed by atoms with van der Waals surface area (Å²) < 4.78 is 0. The Labute approximate surface area is 62.8 Å². The lowest BCUT2D eigenvalue weighted by Crippen LogP contribution is -2.38. The van der Waals surface area contributed by atoms with E-state index >= 15 is 0 Å². The summed E-state index contributed by atoms with van der Waals surface area (Å²) in [6.07, 6.45) is 0. The van der Waals surface area contributed by atoms with Crippen molar-refractivity contribution in [1.82, 2.24) is 4.90 Å². The molecule has 1 aliphatic heterocycles. The van der Waals surface area contributed by atoms with E-state index in [-0.39, 0.29) is 6.73 Å². The third-order valence-corrected chi connectivity index (χ3v) is 2.51. The zero-order chi connectivity index (χ0) is 7.56. The molecule has 4 nitrogen and oxygen atoms in total. The van der Waals surface area contributed by atoms with E-state index in [2.05, 4.69) is 0 Å². The number of carbonyl (C=O) groups is 1. The van der Waals surface area contributed by atoms with Crippen molar-refractivity contribution >= 4 is 17.7 Å². The number of aliphatic carboxylic acids is 1. The van der Waals surface area contributed by atoms with E-state index in [1.807, 2.05) is 0 Å². The van der Waals surface area contributed by atoms with E-state index in [9.17, 15) is 4.79 Å². The van der Waals surface area contributed by atoms with Gasteiger partial charge in [0.25, 0.3) is 0 Å². The van der Waals surface area contributed by atoms with E-state index in [0.717, 1.165) is 0 Å². The smallest absolute Gasteiger partial charge is 0.321 e. The fourth-order valence-electron chi connectivity index (χ4n) is 0.844. The third kappa shape index (κ3) is 1.42. The summed E-state index contributed by atoms with van der Waals surface area (Å²) in [5.41, 5.74) is 0. The first kappa shape index (κ1) is 7.84. The average Bonchev–Trinajstić information content (AvgIpc) is 2.33. The molecule has 58 valence electrons. The fourth-order valence-corrected chi connectivity index (χ4v) is 2.02. The zero-order valence-electron chi connectivity index (χ0n) is 5.36. The number of carboxylic acids is 1.